The molecule has 0 N–H and O–H groups in total. The molecule has 0 amide bonds. The fourth-order valence-electron chi connectivity index (χ4n) is 1.25. The van der Waals surface area contributed by atoms with Crippen molar-refractivity contribution in [2.75, 3.05) is 6.61 Å². The van der Waals surface area contributed by atoms with Crippen LogP contribution in [0.4, 0.5) is 0 Å². The van der Waals surface area contributed by atoms with Crippen molar-refractivity contribution in [1.82, 2.24) is 9.78 Å². The Kier molecular flexibility index (Phi) is 4.01. The van der Waals surface area contributed by atoms with Gasteiger partial charge in [-0.15, -0.1) is 0 Å². The highest BCUT2D eigenvalue weighted by Crippen LogP contribution is 2.16. The maximum absolute atomic E-state index is 5.58. The lowest BCUT2D eigenvalue weighted by Crippen LogP contribution is -2.08. The van der Waals surface area contributed by atoms with E-state index in [1.54, 1.807) is 6.20 Å². The zero-order chi connectivity index (χ0) is 11.4. The zero-order valence-electron chi connectivity index (χ0n) is 8.44. The molecule has 0 atom stereocenters. The number of hydrogen-bond acceptors (Lipinski definition) is 2. The van der Waals surface area contributed by atoms with Crippen molar-refractivity contribution in [1.29, 1.82) is 0 Å². The van der Waals surface area contributed by atoms with Crippen LogP contribution in [0.2, 0.25) is 0 Å². The SMILES string of the molecule is Brc1ccc(OCCn2cc(Br)cn2)cc1. The molecule has 0 saturated heterocycles. The van der Waals surface area contributed by atoms with E-state index in [1.165, 1.54) is 0 Å². The number of hydrogen-bond donors (Lipinski definition) is 0. The fraction of sp³-hybridized carbons (Fsp3) is 0.182. The maximum Gasteiger partial charge on any atom is 0.119 e. The Morgan fingerprint density at radius 1 is 1.12 bits per heavy atom. The summed E-state index contributed by atoms with van der Waals surface area (Å²) in [5.41, 5.74) is 0. The standard InChI is InChI=1S/C11H10Br2N2O/c12-9-1-3-11(4-2-9)16-6-5-15-8-10(13)7-14-15/h1-4,7-8H,5-6H2. The topological polar surface area (TPSA) is 27.1 Å². The van der Waals surface area contributed by atoms with Gasteiger partial charge in [-0.2, -0.15) is 5.10 Å². The first-order chi connectivity index (χ1) is 7.74. The maximum atomic E-state index is 5.58. The average molecular weight is 346 g/mol. The summed E-state index contributed by atoms with van der Waals surface area (Å²) in [6, 6.07) is 7.78. The second-order valence-corrected chi connectivity index (χ2v) is 5.06. The van der Waals surface area contributed by atoms with Crippen LogP contribution in [0.15, 0.2) is 45.6 Å². The summed E-state index contributed by atoms with van der Waals surface area (Å²) in [7, 11) is 0. The van der Waals surface area contributed by atoms with Gasteiger partial charge < -0.3 is 4.74 Å². The molecule has 5 heteroatoms. The Bertz CT molecular complexity index is 453. The van der Waals surface area contributed by atoms with Gasteiger partial charge in [0.15, 0.2) is 0 Å². The molecule has 0 radical (unpaired) electrons. The molecule has 0 aliphatic rings. The number of benzene rings is 1. The van der Waals surface area contributed by atoms with Crippen LogP contribution in [0.1, 0.15) is 0 Å². The summed E-state index contributed by atoms with van der Waals surface area (Å²) in [4.78, 5) is 0. The molecule has 1 aromatic heterocycles. The monoisotopic (exact) mass is 344 g/mol. The van der Waals surface area contributed by atoms with Crippen LogP contribution in [0, 0.1) is 0 Å². The number of nitrogens with zero attached hydrogens (tertiary/aromatic N) is 2. The lowest BCUT2D eigenvalue weighted by Gasteiger charge is -2.05. The fourth-order valence-corrected chi connectivity index (χ4v) is 1.84. The molecule has 1 heterocycles. The van der Waals surface area contributed by atoms with Crippen LogP contribution in [0.25, 0.3) is 0 Å². The number of halogens is 2. The molecule has 0 fully saturated rings. The average Bonchev–Trinajstić information content (AvgIpc) is 2.67. The van der Waals surface area contributed by atoms with Crippen LogP contribution in [-0.2, 0) is 6.54 Å². The summed E-state index contributed by atoms with van der Waals surface area (Å²) >= 11 is 6.73. The normalized spacial score (nSPS) is 10.4. The summed E-state index contributed by atoms with van der Waals surface area (Å²) in [5, 5.41) is 4.14. The molecule has 0 bridgehead atoms. The van der Waals surface area contributed by atoms with Crippen molar-refractivity contribution in [3.63, 3.8) is 0 Å². The third-order valence-corrected chi connectivity index (χ3v) is 2.94. The number of rotatable bonds is 4. The molecule has 16 heavy (non-hydrogen) atoms. The Hall–Kier alpha value is -0.810. The Morgan fingerprint density at radius 3 is 2.50 bits per heavy atom. The first-order valence-corrected chi connectivity index (χ1v) is 6.39. The zero-order valence-corrected chi connectivity index (χ0v) is 11.6. The van der Waals surface area contributed by atoms with Gasteiger partial charge in [0.25, 0.3) is 0 Å². The van der Waals surface area contributed by atoms with Crippen molar-refractivity contribution in [2.45, 2.75) is 6.54 Å². The van der Waals surface area contributed by atoms with Crippen LogP contribution in [0.3, 0.4) is 0 Å². The van der Waals surface area contributed by atoms with E-state index in [0.717, 1.165) is 21.2 Å². The molecule has 0 aliphatic carbocycles. The summed E-state index contributed by atoms with van der Waals surface area (Å²) < 4.78 is 9.45. The van der Waals surface area contributed by atoms with E-state index in [4.69, 9.17) is 4.74 Å². The summed E-state index contributed by atoms with van der Waals surface area (Å²) in [6.07, 6.45) is 3.69. The molecule has 0 unspecified atom stereocenters. The van der Waals surface area contributed by atoms with Crippen molar-refractivity contribution in [2.24, 2.45) is 0 Å². The highest BCUT2D eigenvalue weighted by atomic mass is 79.9. The molecule has 1 aromatic carbocycles. The Morgan fingerprint density at radius 2 is 1.88 bits per heavy atom. The van der Waals surface area contributed by atoms with Gasteiger partial charge in [-0.25, -0.2) is 0 Å². The van der Waals surface area contributed by atoms with Gasteiger partial charge in [0, 0.05) is 10.7 Å². The van der Waals surface area contributed by atoms with Gasteiger partial charge in [-0.1, -0.05) is 15.9 Å². The van der Waals surface area contributed by atoms with Crippen molar-refractivity contribution in [3.8, 4) is 5.75 Å². The number of ether oxygens (including phenoxy) is 1. The molecule has 0 spiro atoms. The third-order valence-electron chi connectivity index (χ3n) is 2.00. The van der Waals surface area contributed by atoms with Crippen LogP contribution < -0.4 is 4.74 Å². The van der Waals surface area contributed by atoms with Crippen LogP contribution >= 0.6 is 31.9 Å². The lowest BCUT2D eigenvalue weighted by molar-refractivity contribution is 0.291. The van der Waals surface area contributed by atoms with Gasteiger partial charge in [-0.3, -0.25) is 4.68 Å². The van der Waals surface area contributed by atoms with Gasteiger partial charge in [0.2, 0.25) is 0 Å². The summed E-state index contributed by atoms with van der Waals surface area (Å²) in [5.74, 6) is 0.870. The van der Waals surface area contributed by atoms with E-state index in [2.05, 4.69) is 37.0 Å². The van der Waals surface area contributed by atoms with E-state index in [-0.39, 0.29) is 0 Å². The largest absolute Gasteiger partial charge is 0.492 e. The molecule has 2 aromatic rings. The van der Waals surface area contributed by atoms with Gasteiger partial charge in [0.05, 0.1) is 17.2 Å². The van der Waals surface area contributed by atoms with Crippen molar-refractivity contribution in [3.05, 3.63) is 45.6 Å². The third kappa shape index (κ3) is 3.35. The summed E-state index contributed by atoms with van der Waals surface area (Å²) in [6.45, 7) is 1.34. The smallest absolute Gasteiger partial charge is 0.119 e. The minimum Gasteiger partial charge on any atom is -0.492 e. The molecule has 0 saturated carbocycles. The molecule has 3 nitrogen and oxygen atoms in total. The van der Waals surface area contributed by atoms with Crippen molar-refractivity contribution >= 4 is 31.9 Å². The van der Waals surface area contributed by atoms with Crippen LogP contribution in [-0.4, -0.2) is 16.4 Å². The first-order valence-electron chi connectivity index (χ1n) is 4.80. The Balaban J connectivity index is 1.82. The molecule has 2 rings (SSSR count). The highest BCUT2D eigenvalue weighted by molar-refractivity contribution is 9.10. The van der Waals surface area contributed by atoms with Crippen molar-refractivity contribution < 1.29 is 4.74 Å². The Labute approximate surface area is 111 Å². The van der Waals surface area contributed by atoms with E-state index < -0.39 is 0 Å². The van der Waals surface area contributed by atoms with Crippen LogP contribution in [0.5, 0.6) is 5.75 Å². The van der Waals surface area contributed by atoms with E-state index >= 15 is 0 Å². The van der Waals surface area contributed by atoms with E-state index in [9.17, 15) is 0 Å². The second-order valence-electron chi connectivity index (χ2n) is 3.22. The predicted molar refractivity (Wildman–Crippen MR) is 69.6 cm³/mol. The lowest BCUT2D eigenvalue weighted by atomic mass is 10.3. The van der Waals surface area contributed by atoms with Gasteiger partial charge in [-0.05, 0) is 40.2 Å². The van der Waals surface area contributed by atoms with Gasteiger partial charge >= 0.3 is 0 Å². The molecular weight excluding hydrogens is 336 g/mol. The minimum absolute atomic E-state index is 0.607. The minimum atomic E-state index is 0.607. The quantitative estimate of drug-likeness (QED) is 0.848. The molecular formula is C11H10Br2N2O. The first kappa shape index (κ1) is 11.7. The number of aromatic nitrogens is 2. The highest BCUT2D eigenvalue weighted by Gasteiger charge is 1.96. The van der Waals surface area contributed by atoms with E-state index in [1.807, 2.05) is 35.1 Å². The molecule has 84 valence electrons. The predicted octanol–water partition coefficient (Wildman–Crippen LogP) is 3.49. The second kappa shape index (κ2) is 5.50. The van der Waals surface area contributed by atoms with E-state index in [0.29, 0.717) is 6.61 Å². The molecule has 0 aliphatic heterocycles. The van der Waals surface area contributed by atoms with Gasteiger partial charge in [0.1, 0.15) is 12.4 Å².